The lowest BCUT2D eigenvalue weighted by Gasteiger charge is -2.06. The molecule has 2 aromatic heterocycles. The molecule has 0 fully saturated rings. The van der Waals surface area contributed by atoms with Gasteiger partial charge in [0.25, 0.3) is 5.91 Å². The summed E-state index contributed by atoms with van der Waals surface area (Å²) in [5.41, 5.74) is 2.80. The maximum atomic E-state index is 12.2. The first-order valence-electron chi connectivity index (χ1n) is 7.83. The Morgan fingerprint density at radius 1 is 1.17 bits per heavy atom. The highest BCUT2D eigenvalue weighted by atomic mass is 32.1. The molecule has 0 aliphatic rings. The van der Waals surface area contributed by atoms with Gasteiger partial charge in [-0.3, -0.25) is 4.79 Å². The van der Waals surface area contributed by atoms with Crippen molar-refractivity contribution in [3.63, 3.8) is 0 Å². The fourth-order valence-electron chi connectivity index (χ4n) is 2.39. The Labute approximate surface area is 149 Å². The average Bonchev–Trinajstić information content (AvgIpc) is 3.31. The number of nitrogens with one attached hydrogen (secondary N) is 1. The van der Waals surface area contributed by atoms with Gasteiger partial charge in [0.05, 0.1) is 6.54 Å². The molecule has 0 aliphatic heterocycles. The maximum absolute atomic E-state index is 12.2. The molecule has 0 bridgehead atoms. The maximum Gasteiger partial charge on any atom is 0.251 e. The predicted octanol–water partition coefficient (Wildman–Crippen LogP) is 4.38. The lowest BCUT2D eigenvalue weighted by Crippen LogP contribution is -2.22. The number of rotatable bonds is 6. The Kier molecular flexibility index (Phi) is 5.45. The predicted molar refractivity (Wildman–Crippen MR) is 99.7 cm³/mol. The molecule has 3 aromatic rings. The molecule has 124 valence electrons. The van der Waals surface area contributed by atoms with E-state index in [1.54, 1.807) is 11.3 Å². The van der Waals surface area contributed by atoms with Gasteiger partial charge in [0.15, 0.2) is 0 Å². The van der Waals surface area contributed by atoms with E-state index in [0.29, 0.717) is 12.1 Å². The second kappa shape index (κ2) is 7.75. The van der Waals surface area contributed by atoms with Crippen LogP contribution in [0.3, 0.4) is 0 Å². The Morgan fingerprint density at radius 3 is 2.62 bits per heavy atom. The topological polar surface area (TPSA) is 49.3 Å². The van der Waals surface area contributed by atoms with Gasteiger partial charge in [-0.15, -0.1) is 11.3 Å². The van der Waals surface area contributed by atoms with Crippen LogP contribution < -0.4 is 5.32 Å². The van der Waals surface area contributed by atoms with Gasteiger partial charge < -0.3 is 10.4 Å². The van der Waals surface area contributed by atoms with E-state index in [1.807, 2.05) is 53.2 Å². The summed E-state index contributed by atoms with van der Waals surface area (Å²) < 4.78 is 0. The number of aliphatic hydroxyl groups is 1. The monoisotopic (exact) mass is 357 g/mol. The summed E-state index contributed by atoms with van der Waals surface area (Å²) in [6.45, 7) is 2.56. The minimum absolute atomic E-state index is 0.0778. The molecule has 0 saturated heterocycles. The third-order valence-corrected chi connectivity index (χ3v) is 5.70. The molecular formula is C19H19NO2S2. The number of hydrogen-bond acceptors (Lipinski definition) is 4. The van der Waals surface area contributed by atoms with Gasteiger partial charge in [0.1, 0.15) is 6.10 Å². The van der Waals surface area contributed by atoms with Crippen LogP contribution in [0.5, 0.6) is 0 Å². The lowest BCUT2D eigenvalue weighted by atomic mass is 10.1. The summed E-state index contributed by atoms with van der Waals surface area (Å²) >= 11 is 3.09. The number of hydrogen-bond donors (Lipinski definition) is 2. The van der Waals surface area contributed by atoms with Gasteiger partial charge in [-0.1, -0.05) is 19.1 Å². The Balaban J connectivity index is 1.59. The number of aliphatic hydroxyl groups excluding tert-OH is 1. The smallest absolute Gasteiger partial charge is 0.251 e. The number of thiophene rings is 2. The SMILES string of the molecule is CCc1ccc(C(=O)NCc2ccc(C(O)c3ccsc3)s2)cc1. The van der Waals surface area contributed by atoms with E-state index in [1.165, 1.54) is 16.9 Å². The van der Waals surface area contributed by atoms with Gasteiger partial charge in [0.2, 0.25) is 0 Å². The standard InChI is InChI=1S/C19H19NO2S2/c1-2-13-3-5-14(6-4-13)19(22)20-11-16-7-8-17(24-16)18(21)15-9-10-23-12-15/h3-10,12,18,21H,2,11H2,1H3,(H,20,22). The molecule has 3 rings (SSSR count). The fraction of sp³-hybridized carbons (Fsp3) is 0.211. The Bertz CT molecular complexity index is 791. The van der Waals surface area contributed by atoms with Crippen molar-refractivity contribution in [2.24, 2.45) is 0 Å². The molecule has 1 unspecified atom stereocenters. The van der Waals surface area contributed by atoms with Crippen LogP contribution in [0.2, 0.25) is 0 Å². The van der Waals surface area contributed by atoms with Gasteiger partial charge in [-0.25, -0.2) is 0 Å². The first-order chi connectivity index (χ1) is 11.7. The molecule has 2 N–H and O–H groups in total. The number of benzene rings is 1. The fourth-order valence-corrected chi connectivity index (χ4v) is 4.04. The molecule has 3 nitrogen and oxygen atoms in total. The third kappa shape index (κ3) is 3.93. The Hall–Kier alpha value is -1.95. The first-order valence-corrected chi connectivity index (χ1v) is 9.59. The lowest BCUT2D eigenvalue weighted by molar-refractivity contribution is 0.0951. The second-order valence-electron chi connectivity index (χ2n) is 5.50. The van der Waals surface area contributed by atoms with Gasteiger partial charge in [-0.2, -0.15) is 11.3 Å². The summed E-state index contributed by atoms with van der Waals surface area (Å²) in [7, 11) is 0. The molecule has 2 heterocycles. The summed E-state index contributed by atoms with van der Waals surface area (Å²) in [6.07, 6.45) is 0.374. The van der Waals surface area contributed by atoms with Crippen molar-refractivity contribution >= 4 is 28.6 Å². The molecule has 0 spiro atoms. The summed E-state index contributed by atoms with van der Waals surface area (Å²) in [5, 5.41) is 17.2. The highest BCUT2D eigenvalue weighted by molar-refractivity contribution is 7.12. The number of carbonyl (C=O) groups excluding carboxylic acids is 1. The highest BCUT2D eigenvalue weighted by Crippen LogP contribution is 2.29. The molecule has 1 amide bonds. The van der Waals surface area contributed by atoms with E-state index in [0.717, 1.165) is 21.7 Å². The molecule has 0 saturated carbocycles. The molecule has 0 radical (unpaired) electrons. The molecule has 5 heteroatoms. The highest BCUT2D eigenvalue weighted by Gasteiger charge is 2.14. The van der Waals surface area contributed by atoms with Crippen LogP contribution in [0, 0.1) is 0 Å². The van der Waals surface area contributed by atoms with Crippen LogP contribution in [0.1, 0.15) is 44.3 Å². The van der Waals surface area contributed by atoms with E-state index in [-0.39, 0.29) is 5.91 Å². The van der Waals surface area contributed by atoms with Crippen LogP contribution in [-0.2, 0) is 13.0 Å². The van der Waals surface area contributed by atoms with E-state index < -0.39 is 6.10 Å². The number of carbonyl (C=O) groups is 1. The summed E-state index contributed by atoms with van der Waals surface area (Å²) in [4.78, 5) is 14.1. The zero-order valence-corrected chi connectivity index (χ0v) is 15.0. The van der Waals surface area contributed by atoms with E-state index >= 15 is 0 Å². The van der Waals surface area contributed by atoms with E-state index in [4.69, 9.17) is 0 Å². The van der Waals surface area contributed by atoms with Crippen molar-refractivity contribution in [3.8, 4) is 0 Å². The van der Waals surface area contributed by atoms with Crippen molar-refractivity contribution in [2.75, 3.05) is 0 Å². The van der Waals surface area contributed by atoms with Crippen LogP contribution in [-0.4, -0.2) is 11.0 Å². The van der Waals surface area contributed by atoms with E-state index in [2.05, 4.69) is 12.2 Å². The summed E-state index contributed by atoms with van der Waals surface area (Å²) in [6, 6.07) is 13.5. The molecule has 1 atom stereocenters. The molecule has 1 aromatic carbocycles. The van der Waals surface area contributed by atoms with Gasteiger partial charge >= 0.3 is 0 Å². The van der Waals surface area contributed by atoms with Crippen molar-refractivity contribution in [1.82, 2.24) is 5.32 Å². The van der Waals surface area contributed by atoms with E-state index in [9.17, 15) is 9.90 Å². The van der Waals surface area contributed by atoms with Crippen molar-refractivity contribution in [1.29, 1.82) is 0 Å². The van der Waals surface area contributed by atoms with Crippen molar-refractivity contribution < 1.29 is 9.90 Å². The molecular weight excluding hydrogens is 338 g/mol. The van der Waals surface area contributed by atoms with Crippen molar-refractivity contribution in [2.45, 2.75) is 26.0 Å². The zero-order valence-electron chi connectivity index (χ0n) is 13.4. The van der Waals surface area contributed by atoms with Crippen LogP contribution in [0.25, 0.3) is 0 Å². The van der Waals surface area contributed by atoms with Gasteiger partial charge in [0, 0.05) is 15.3 Å². The third-order valence-electron chi connectivity index (χ3n) is 3.86. The van der Waals surface area contributed by atoms with Crippen LogP contribution in [0.4, 0.5) is 0 Å². The van der Waals surface area contributed by atoms with Gasteiger partial charge in [-0.05, 0) is 58.6 Å². The van der Waals surface area contributed by atoms with Crippen molar-refractivity contribution in [3.05, 3.63) is 79.7 Å². The zero-order chi connectivity index (χ0) is 16.9. The largest absolute Gasteiger partial charge is 0.383 e. The minimum atomic E-state index is -0.590. The summed E-state index contributed by atoms with van der Waals surface area (Å²) in [5.74, 6) is -0.0778. The Morgan fingerprint density at radius 2 is 1.96 bits per heavy atom. The second-order valence-corrected chi connectivity index (χ2v) is 7.48. The average molecular weight is 358 g/mol. The molecule has 0 aliphatic carbocycles. The first kappa shape index (κ1) is 16.9. The number of aryl methyl sites for hydroxylation is 1. The number of amides is 1. The quantitative estimate of drug-likeness (QED) is 0.688. The van der Waals surface area contributed by atoms with Crippen LogP contribution in [0.15, 0.2) is 53.2 Å². The molecule has 24 heavy (non-hydrogen) atoms. The minimum Gasteiger partial charge on any atom is -0.383 e. The normalized spacial score (nSPS) is 12.1. The van der Waals surface area contributed by atoms with Crippen LogP contribution >= 0.6 is 22.7 Å².